The lowest BCUT2D eigenvalue weighted by Crippen LogP contribution is -2.22. The van der Waals surface area contributed by atoms with Crippen LogP contribution in [0.5, 0.6) is 0 Å². The molecule has 0 bridgehead atoms. The quantitative estimate of drug-likeness (QED) is 0.701. The SMILES string of the molecule is CO[C@H]1C[C@@H](C)C=C(P(=O)(OC)OC)O1. The van der Waals surface area contributed by atoms with Crippen LogP contribution in [-0.2, 0) is 23.1 Å². The van der Waals surface area contributed by atoms with Gasteiger partial charge < -0.3 is 18.5 Å². The van der Waals surface area contributed by atoms with Gasteiger partial charge in [0, 0.05) is 27.8 Å². The van der Waals surface area contributed by atoms with Crippen molar-refractivity contribution >= 4 is 7.60 Å². The molecule has 2 atom stereocenters. The van der Waals surface area contributed by atoms with Gasteiger partial charge in [0.2, 0.25) is 11.8 Å². The van der Waals surface area contributed by atoms with E-state index in [9.17, 15) is 4.57 Å². The Hall–Kier alpha value is -0.350. The Bertz CT molecular complexity index is 280. The second kappa shape index (κ2) is 5.12. The molecule has 15 heavy (non-hydrogen) atoms. The fourth-order valence-corrected chi connectivity index (χ4v) is 2.58. The van der Waals surface area contributed by atoms with Gasteiger partial charge in [0.05, 0.1) is 0 Å². The summed E-state index contributed by atoms with van der Waals surface area (Å²) in [4.78, 5) is 0. The van der Waals surface area contributed by atoms with Crippen LogP contribution < -0.4 is 0 Å². The number of hydrogen-bond donors (Lipinski definition) is 0. The standard InChI is InChI=1S/C9H17O5P/c1-7-5-8(11-2)14-9(6-7)15(10,12-3)13-4/h6-8H,5H2,1-4H3/t7-,8-/m1/s1. The summed E-state index contributed by atoms with van der Waals surface area (Å²) in [6, 6.07) is 0. The van der Waals surface area contributed by atoms with Crippen molar-refractivity contribution in [2.75, 3.05) is 21.3 Å². The predicted molar refractivity (Wildman–Crippen MR) is 55.4 cm³/mol. The van der Waals surface area contributed by atoms with Gasteiger partial charge >= 0.3 is 7.60 Å². The first kappa shape index (κ1) is 12.7. The molecule has 0 unspecified atom stereocenters. The average molecular weight is 236 g/mol. The smallest absolute Gasteiger partial charge is 0.394 e. The molecule has 6 heteroatoms. The van der Waals surface area contributed by atoms with Crippen LogP contribution in [0.3, 0.4) is 0 Å². The lowest BCUT2D eigenvalue weighted by Gasteiger charge is -2.28. The zero-order valence-corrected chi connectivity index (χ0v) is 10.3. The number of ether oxygens (including phenoxy) is 2. The Balaban J connectivity index is 2.89. The van der Waals surface area contributed by atoms with Gasteiger partial charge in [-0.1, -0.05) is 6.92 Å². The van der Waals surface area contributed by atoms with Crippen molar-refractivity contribution in [3.05, 3.63) is 11.6 Å². The molecule has 0 N–H and O–H groups in total. The normalized spacial score (nSPS) is 27.1. The van der Waals surface area contributed by atoms with Crippen LogP contribution in [0, 0.1) is 5.92 Å². The first-order valence-corrected chi connectivity index (χ1v) is 6.23. The zero-order chi connectivity index (χ0) is 11.5. The second-order valence-corrected chi connectivity index (χ2v) is 5.53. The lowest BCUT2D eigenvalue weighted by molar-refractivity contribution is -0.107. The molecule has 0 radical (unpaired) electrons. The van der Waals surface area contributed by atoms with Crippen LogP contribution in [0.4, 0.5) is 0 Å². The minimum absolute atomic E-state index is 0.220. The Labute approximate surface area is 89.9 Å². The first-order chi connectivity index (χ1) is 7.05. The van der Waals surface area contributed by atoms with Gasteiger partial charge in [0.1, 0.15) is 0 Å². The van der Waals surface area contributed by atoms with Gasteiger partial charge in [-0.25, -0.2) is 0 Å². The third-order valence-electron chi connectivity index (χ3n) is 2.26. The molecule has 1 aliphatic rings. The van der Waals surface area contributed by atoms with E-state index in [4.69, 9.17) is 18.5 Å². The first-order valence-electron chi connectivity index (χ1n) is 4.69. The highest BCUT2D eigenvalue weighted by Crippen LogP contribution is 2.57. The van der Waals surface area contributed by atoms with Crippen LogP contribution in [0.15, 0.2) is 11.6 Å². The maximum absolute atomic E-state index is 12.0. The summed E-state index contributed by atoms with van der Waals surface area (Å²) in [6.07, 6.45) is 2.09. The molecule has 0 saturated heterocycles. The highest BCUT2D eigenvalue weighted by Gasteiger charge is 2.35. The van der Waals surface area contributed by atoms with E-state index in [1.54, 1.807) is 13.2 Å². The molecule has 0 aliphatic carbocycles. The maximum atomic E-state index is 12.0. The molecule has 0 saturated carbocycles. The molecule has 0 aromatic carbocycles. The Morgan fingerprint density at radius 1 is 1.40 bits per heavy atom. The van der Waals surface area contributed by atoms with E-state index in [-0.39, 0.29) is 11.4 Å². The summed E-state index contributed by atoms with van der Waals surface area (Å²) in [5.74, 6) is 0.220. The van der Waals surface area contributed by atoms with E-state index in [2.05, 4.69) is 0 Å². The third kappa shape index (κ3) is 2.82. The summed E-state index contributed by atoms with van der Waals surface area (Å²) >= 11 is 0. The van der Waals surface area contributed by atoms with E-state index in [1.807, 2.05) is 6.92 Å². The van der Waals surface area contributed by atoms with Crippen LogP contribution in [0.1, 0.15) is 13.3 Å². The summed E-state index contributed by atoms with van der Waals surface area (Å²) in [5, 5.41) is 0. The van der Waals surface area contributed by atoms with Gasteiger partial charge in [-0.15, -0.1) is 0 Å². The highest BCUT2D eigenvalue weighted by atomic mass is 31.2. The number of methoxy groups -OCH3 is 1. The topological polar surface area (TPSA) is 54.0 Å². The average Bonchev–Trinajstić information content (AvgIpc) is 2.27. The van der Waals surface area contributed by atoms with Crippen molar-refractivity contribution < 1.29 is 23.1 Å². The molecule has 1 aliphatic heterocycles. The van der Waals surface area contributed by atoms with Crippen LogP contribution in [-0.4, -0.2) is 27.6 Å². The zero-order valence-electron chi connectivity index (χ0n) is 9.43. The Morgan fingerprint density at radius 3 is 2.47 bits per heavy atom. The van der Waals surface area contributed by atoms with Crippen molar-refractivity contribution in [3.8, 4) is 0 Å². The molecule has 88 valence electrons. The minimum atomic E-state index is -3.29. The fraction of sp³-hybridized carbons (Fsp3) is 0.778. The summed E-state index contributed by atoms with van der Waals surface area (Å²) in [7, 11) is 0.919. The van der Waals surface area contributed by atoms with E-state index in [1.165, 1.54) is 14.2 Å². The second-order valence-electron chi connectivity index (χ2n) is 3.36. The molecule has 0 amide bonds. The molecule has 0 aromatic rings. The van der Waals surface area contributed by atoms with Crippen molar-refractivity contribution in [1.29, 1.82) is 0 Å². The van der Waals surface area contributed by atoms with Gasteiger partial charge in [0.15, 0.2) is 0 Å². The molecular weight excluding hydrogens is 219 g/mol. The summed E-state index contributed by atoms with van der Waals surface area (Å²) in [6.45, 7) is 1.99. The molecule has 0 fully saturated rings. The Morgan fingerprint density at radius 2 is 2.00 bits per heavy atom. The van der Waals surface area contributed by atoms with Crippen LogP contribution >= 0.6 is 7.60 Å². The highest BCUT2D eigenvalue weighted by molar-refractivity contribution is 7.58. The van der Waals surface area contributed by atoms with Crippen LogP contribution in [0.2, 0.25) is 0 Å². The Kier molecular flexibility index (Phi) is 4.34. The largest absolute Gasteiger partial charge is 0.457 e. The molecule has 1 rings (SSSR count). The maximum Gasteiger partial charge on any atom is 0.394 e. The van der Waals surface area contributed by atoms with Crippen molar-refractivity contribution in [2.45, 2.75) is 19.6 Å². The third-order valence-corrected chi connectivity index (χ3v) is 4.01. The molecule has 5 nitrogen and oxygen atoms in total. The number of allylic oxidation sites excluding steroid dienone is 1. The minimum Gasteiger partial charge on any atom is -0.457 e. The van der Waals surface area contributed by atoms with E-state index >= 15 is 0 Å². The summed E-state index contributed by atoms with van der Waals surface area (Å²) < 4.78 is 32.2. The summed E-state index contributed by atoms with van der Waals surface area (Å²) in [5.41, 5.74) is 0.234. The van der Waals surface area contributed by atoms with E-state index < -0.39 is 13.9 Å². The van der Waals surface area contributed by atoms with Gasteiger partial charge in [-0.2, -0.15) is 0 Å². The molecular formula is C9H17O5P. The predicted octanol–water partition coefficient (Wildman–Crippen LogP) is 2.34. The number of hydrogen-bond acceptors (Lipinski definition) is 5. The molecule has 0 spiro atoms. The van der Waals surface area contributed by atoms with Crippen molar-refractivity contribution in [3.63, 3.8) is 0 Å². The monoisotopic (exact) mass is 236 g/mol. The molecule has 0 aromatic heterocycles. The van der Waals surface area contributed by atoms with Crippen molar-refractivity contribution in [1.82, 2.24) is 0 Å². The van der Waals surface area contributed by atoms with Crippen molar-refractivity contribution in [2.24, 2.45) is 5.92 Å². The lowest BCUT2D eigenvalue weighted by atomic mass is 10.1. The van der Waals surface area contributed by atoms with Crippen LogP contribution in [0.25, 0.3) is 0 Å². The van der Waals surface area contributed by atoms with Gasteiger partial charge in [0.25, 0.3) is 0 Å². The molecule has 1 heterocycles. The van der Waals surface area contributed by atoms with Gasteiger partial charge in [-0.05, 0) is 12.0 Å². The fourth-order valence-electron chi connectivity index (χ4n) is 1.39. The van der Waals surface area contributed by atoms with Gasteiger partial charge in [-0.3, -0.25) is 4.57 Å². The van der Waals surface area contributed by atoms with E-state index in [0.29, 0.717) is 0 Å². The number of rotatable bonds is 4. The van der Waals surface area contributed by atoms with E-state index in [0.717, 1.165) is 6.42 Å².